The van der Waals surface area contributed by atoms with E-state index in [0.717, 1.165) is 22.2 Å². The molecule has 0 unspecified atom stereocenters. The summed E-state index contributed by atoms with van der Waals surface area (Å²) in [5.74, 6) is -0.0579. The molecule has 92 valence electrons. The number of halogens is 2. The van der Waals surface area contributed by atoms with E-state index in [1.165, 1.54) is 0 Å². The van der Waals surface area contributed by atoms with Crippen LogP contribution in [0.2, 0.25) is 0 Å². The van der Waals surface area contributed by atoms with Gasteiger partial charge in [0.2, 0.25) is 0 Å². The molecule has 3 nitrogen and oxygen atoms in total. The van der Waals surface area contributed by atoms with Crippen LogP contribution in [0.3, 0.4) is 0 Å². The first-order valence-electron chi connectivity index (χ1n) is 5.31. The van der Waals surface area contributed by atoms with Crippen molar-refractivity contribution in [2.75, 3.05) is 19.8 Å². The topological polar surface area (TPSA) is 38.3 Å². The summed E-state index contributed by atoms with van der Waals surface area (Å²) in [5.41, 5.74) is 0.745. The first-order valence-corrected chi connectivity index (χ1v) is 6.90. The van der Waals surface area contributed by atoms with Crippen LogP contribution in [0.1, 0.15) is 17.3 Å². The third kappa shape index (κ3) is 3.09. The summed E-state index contributed by atoms with van der Waals surface area (Å²) in [6.45, 7) is 4.19. The Morgan fingerprint density at radius 1 is 1.47 bits per heavy atom. The lowest BCUT2D eigenvalue weighted by atomic mass is 9.89. The molecule has 1 amide bonds. The maximum Gasteiger partial charge on any atom is 0.252 e. The lowest BCUT2D eigenvalue weighted by molar-refractivity contribution is -0.0978. The molecule has 17 heavy (non-hydrogen) atoms. The van der Waals surface area contributed by atoms with Crippen molar-refractivity contribution in [1.82, 2.24) is 5.32 Å². The van der Waals surface area contributed by atoms with Crippen molar-refractivity contribution in [3.63, 3.8) is 0 Å². The second-order valence-electron chi connectivity index (χ2n) is 4.61. The summed E-state index contributed by atoms with van der Waals surface area (Å²) in [4.78, 5) is 12.0. The summed E-state index contributed by atoms with van der Waals surface area (Å²) in [5, 5.41) is 2.94. The molecule has 1 aromatic carbocycles. The van der Waals surface area contributed by atoms with Gasteiger partial charge in [0.05, 0.1) is 18.8 Å². The maximum absolute atomic E-state index is 12.0. The van der Waals surface area contributed by atoms with Gasteiger partial charge in [0.1, 0.15) is 0 Å². The van der Waals surface area contributed by atoms with Gasteiger partial charge in [-0.1, -0.05) is 22.9 Å². The molecule has 1 aliphatic heterocycles. The molecular formula is C12H13Br2NO2. The van der Waals surface area contributed by atoms with Crippen molar-refractivity contribution in [2.45, 2.75) is 6.92 Å². The molecule has 0 aromatic heterocycles. The number of nitrogens with one attached hydrogen (secondary N) is 1. The molecule has 1 fully saturated rings. The largest absolute Gasteiger partial charge is 0.380 e. The average molecular weight is 363 g/mol. The second kappa shape index (κ2) is 5.08. The van der Waals surface area contributed by atoms with Crippen LogP contribution in [-0.4, -0.2) is 25.7 Å². The highest BCUT2D eigenvalue weighted by Crippen LogP contribution is 2.26. The Balaban J connectivity index is 1.99. The Hall–Kier alpha value is -0.390. The van der Waals surface area contributed by atoms with Gasteiger partial charge in [0.25, 0.3) is 5.91 Å². The van der Waals surface area contributed by atoms with E-state index in [1.54, 1.807) is 6.07 Å². The molecular weight excluding hydrogens is 350 g/mol. The highest BCUT2D eigenvalue weighted by Gasteiger charge is 2.33. The Bertz CT molecular complexity index is 444. The van der Waals surface area contributed by atoms with E-state index in [1.807, 2.05) is 12.1 Å². The van der Waals surface area contributed by atoms with Crippen LogP contribution in [0, 0.1) is 5.41 Å². The van der Waals surface area contributed by atoms with E-state index in [2.05, 4.69) is 44.1 Å². The third-order valence-electron chi connectivity index (χ3n) is 2.75. The van der Waals surface area contributed by atoms with Gasteiger partial charge in [-0.05, 0) is 34.1 Å². The van der Waals surface area contributed by atoms with Crippen LogP contribution in [0.25, 0.3) is 0 Å². The molecule has 0 atom stereocenters. The normalized spacial score (nSPS) is 17.4. The zero-order chi connectivity index (χ0) is 12.5. The summed E-state index contributed by atoms with van der Waals surface area (Å²) >= 11 is 6.74. The van der Waals surface area contributed by atoms with Crippen molar-refractivity contribution in [3.8, 4) is 0 Å². The minimum Gasteiger partial charge on any atom is -0.380 e. The highest BCUT2D eigenvalue weighted by molar-refractivity contribution is 9.11. The predicted octanol–water partition coefficient (Wildman–Crippen LogP) is 2.98. The Morgan fingerprint density at radius 2 is 2.18 bits per heavy atom. The number of carbonyl (C=O) groups excluding carboxylic acids is 1. The Kier molecular flexibility index (Phi) is 3.90. The second-order valence-corrected chi connectivity index (χ2v) is 6.38. The number of ether oxygens (including phenoxy) is 1. The van der Waals surface area contributed by atoms with Crippen molar-refractivity contribution < 1.29 is 9.53 Å². The molecule has 5 heteroatoms. The number of benzene rings is 1. The lowest BCUT2D eigenvalue weighted by Crippen LogP contribution is -2.48. The number of hydrogen-bond acceptors (Lipinski definition) is 2. The van der Waals surface area contributed by atoms with Crippen molar-refractivity contribution in [1.29, 1.82) is 0 Å². The van der Waals surface area contributed by atoms with Crippen LogP contribution in [0.15, 0.2) is 27.1 Å². The molecule has 2 rings (SSSR count). The molecule has 0 radical (unpaired) electrons. The molecule has 1 aliphatic rings. The smallest absolute Gasteiger partial charge is 0.252 e. The molecule has 1 saturated heterocycles. The van der Waals surface area contributed by atoms with Crippen molar-refractivity contribution in [3.05, 3.63) is 32.7 Å². The van der Waals surface area contributed by atoms with Gasteiger partial charge in [-0.15, -0.1) is 0 Å². The number of amides is 1. The van der Waals surface area contributed by atoms with Crippen LogP contribution in [-0.2, 0) is 4.74 Å². The van der Waals surface area contributed by atoms with Gasteiger partial charge in [-0.3, -0.25) is 4.79 Å². The molecule has 0 aliphatic carbocycles. The maximum atomic E-state index is 12.0. The fourth-order valence-electron chi connectivity index (χ4n) is 1.62. The highest BCUT2D eigenvalue weighted by atomic mass is 79.9. The van der Waals surface area contributed by atoms with E-state index in [-0.39, 0.29) is 11.3 Å². The zero-order valence-corrected chi connectivity index (χ0v) is 12.6. The molecule has 0 bridgehead atoms. The minimum atomic E-state index is -0.0579. The third-order valence-corrected chi connectivity index (χ3v) is 3.90. The summed E-state index contributed by atoms with van der Waals surface area (Å²) in [6, 6.07) is 5.51. The number of rotatable bonds is 3. The molecule has 1 N–H and O–H groups in total. The minimum absolute atomic E-state index is 0.0579. The molecule has 1 aromatic rings. The number of hydrogen-bond donors (Lipinski definition) is 1. The number of carbonyl (C=O) groups is 1. The van der Waals surface area contributed by atoms with Gasteiger partial charge in [0.15, 0.2) is 0 Å². The monoisotopic (exact) mass is 361 g/mol. The van der Waals surface area contributed by atoms with Crippen LogP contribution in [0.5, 0.6) is 0 Å². The summed E-state index contributed by atoms with van der Waals surface area (Å²) in [6.07, 6.45) is 0. The Labute approximate surface area is 117 Å². The molecule has 0 spiro atoms. The van der Waals surface area contributed by atoms with Gasteiger partial charge in [0, 0.05) is 20.9 Å². The molecule has 1 heterocycles. The fourth-order valence-corrected chi connectivity index (χ4v) is 2.84. The van der Waals surface area contributed by atoms with Gasteiger partial charge >= 0.3 is 0 Å². The van der Waals surface area contributed by atoms with E-state index < -0.39 is 0 Å². The fraction of sp³-hybridized carbons (Fsp3) is 0.417. The predicted molar refractivity (Wildman–Crippen MR) is 73.1 cm³/mol. The van der Waals surface area contributed by atoms with E-state index in [0.29, 0.717) is 12.1 Å². The van der Waals surface area contributed by atoms with Gasteiger partial charge < -0.3 is 10.1 Å². The quantitative estimate of drug-likeness (QED) is 0.897. The summed E-state index contributed by atoms with van der Waals surface area (Å²) < 4.78 is 6.88. The zero-order valence-electron chi connectivity index (χ0n) is 9.43. The SMILES string of the molecule is CC1(CNC(=O)c2ccc(Br)cc2Br)COC1. The standard InChI is InChI=1S/C12H13Br2NO2/c1-12(6-17-7-12)5-15-11(16)9-3-2-8(13)4-10(9)14/h2-4H,5-7H2,1H3,(H,15,16). The van der Waals surface area contributed by atoms with Crippen molar-refractivity contribution >= 4 is 37.8 Å². The van der Waals surface area contributed by atoms with Gasteiger partial charge in [-0.2, -0.15) is 0 Å². The van der Waals surface area contributed by atoms with Gasteiger partial charge in [-0.25, -0.2) is 0 Å². The van der Waals surface area contributed by atoms with Crippen LogP contribution >= 0.6 is 31.9 Å². The Morgan fingerprint density at radius 3 is 2.71 bits per heavy atom. The lowest BCUT2D eigenvalue weighted by Gasteiger charge is -2.38. The van der Waals surface area contributed by atoms with Crippen molar-refractivity contribution in [2.24, 2.45) is 5.41 Å². The summed E-state index contributed by atoms with van der Waals surface area (Å²) in [7, 11) is 0. The first kappa shape index (κ1) is 13.1. The van der Waals surface area contributed by atoms with Crippen LogP contribution < -0.4 is 5.32 Å². The average Bonchev–Trinajstić information content (AvgIpc) is 2.23. The molecule has 0 saturated carbocycles. The van der Waals surface area contributed by atoms with E-state index in [4.69, 9.17) is 4.74 Å². The first-order chi connectivity index (χ1) is 8.00. The van der Waals surface area contributed by atoms with Crippen LogP contribution in [0.4, 0.5) is 0 Å². The van der Waals surface area contributed by atoms with E-state index >= 15 is 0 Å². The van der Waals surface area contributed by atoms with E-state index in [9.17, 15) is 4.79 Å².